The molecule has 0 unspecified atom stereocenters. The van der Waals surface area contributed by atoms with Crippen LogP contribution in [0, 0.1) is 17.8 Å². The van der Waals surface area contributed by atoms with Crippen LogP contribution in [0.4, 0.5) is 0 Å². The summed E-state index contributed by atoms with van der Waals surface area (Å²) in [6.45, 7) is 11.3. The van der Waals surface area contributed by atoms with Gasteiger partial charge in [-0.25, -0.2) is 4.79 Å². The van der Waals surface area contributed by atoms with Gasteiger partial charge in [-0.15, -0.1) is 0 Å². The quantitative estimate of drug-likeness (QED) is 0.151. The van der Waals surface area contributed by atoms with Gasteiger partial charge in [0.2, 0.25) is 5.91 Å². The van der Waals surface area contributed by atoms with Crippen molar-refractivity contribution < 1.29 is 23.9 Å². The summed E-state index contributed by atoms with van der Waals surface area (Å²) in [4.78, 5) is 49.7. The molecule has 9 nitrogen and oxygen atoms in total. The molecule has 5 N–H and O–H groups in total. The number of rotatable bonds is 15. The van der Waals surface area contributed by atoms with Gasteiger partial charge in [-0.3, -0.25) is 14.4 Å². The zero-order chi connectivity index (χ0) is 24.1. The highest BCUT2D eigenvalue weighted by Crippen LogP contribution is 2.19. The second-order valence-corrected chi connectivity index (χ2v) is 9.06. The molecule has 1 amide bonds. The molecule has 0 heterocycles. The molecule has 0 spiro atoms. The average molecular weight is 441 g/mol. The molecule has 0 fully saturated rings. The Morgan fingerprint density at radius 1 is 1.00 bits per heavy atom. The lowest BCUT2D eigenvalue weighted by atomic mass is 9.88. The number of Topliss-reactive ketones (excluding diaryl/α,β-unsaturated/α-hetero) is 2. The van der Waals surface area contributed by atoms with E-state index in [9.17, 15) is 19.2 Å². The molecule has 0 saturated carbocycles. The number of nitrogens with zero attached hydrogens (tertiary/aromatic N) is 1. The fourth-order valence-electron chi connectivity index (χ4n) is 3.17. The molecule has 0 aliphatic heterocycles. The van der Waals surface area contributed by atoms with Crippen molar-refractivity contribution in [3.05, 3.63) is 0 Å². The number of ketones is 2. The topological polar surface area (TPSA) is 154 Å². The number of carbonyl (C=O) groups excluding carboxylic acids is 4. The monoisotopic (exact) mass is 440 g/mol. The van der Waals surface area contributed by atoms with Crippen molar-refractivity contribution in [2.75, 3.05) is 0 Å². The van der Waals surface area contributed by atoms with Crippen LogP contribution < -0.4 is 16.9 Å². The van der Waals surface area contributed by atoms with E-state index in [0.717, 1.165) is 6.21 Å². The molecule has 0 aromatic heterocycles. The second kappa shape index (κ2) is 14.7. The van der Waals surface area contributed by atoms with Crippen molar-refractivity contribution in [3.63, 3.8) is 0 Å². The van der Waals surface area contributed by atoms with E-state index in [1.807, 2.05) is 27.7 Å². The van der Waals surface area contributed by atoms with E-state index in [1.54, 1.807) is 13.8 Å². The highest BCUT2D eigenvalue weighted by Gasteiger charge is 2.30. The van der Waals surface area contributed by atoms with Crippen molar-refractivity contribution in [1.29, 1.82) is 0 Å². The summed E-state index contributed by atoms with van der Waals surface area (Å²) in [7, 11) is 0. The van der Waals surface area contributed by atoms with Crippen LogP contribution in [0.5, 0.6) is 0 Å². The molecule has 9 heteroatoms. The highest BCUT2D eigenvalue weighted by molar-refractivity contribution is 6.27. The van der Waals surface area contributed by atoms with E-state index >= 15 is 0 Å². The minimum absolute atomic E-state index is 0.00259. The number of hydrogen-bond acceptors (Lipinski definition) is 8. The Hall–Kier alpha value is -2.29. The van der Waals surface area contributed by atoms with E-state index in [1.165, 1.54) is 0 Å². The van der Waals surface area contributed by atoms with Gasteiger partial charge in [0.1, 0.15) is 11.8 Å². The van der Waals surface area contributed by atoms with Gasteiger partial charge in [0.05, 0.1) is 18.4 Å². The number of esters is 1. The Balaban J connectivity index is 5.36. The minimum atomic E-state index is -1.01. The van der Waals surface area contributed by atoms with Gasteiger partial charge < -0.3 is 21.6 Å². The predicted octanol–water partition coefficient (Wildman–Crippen LogP) is 1.71. The Morgan fingerprint density at radius 3 is 2.06 bits per heavy atom. The van der Waals surface area contributed by atoms with Crippen LogP contribution in [0.2, 0.25) is 0 Å². The second-order valence-electron chi connectivity index (χ2n) is 9.06. The van der Waals surface area contributed by atoms with E-state index in [2.05, 4.69) is 10.4 Å². The van der Waals surface area contributed by atoms with Crippen LogP contribution >= 0.6 is 0 Å². The maximum atomic E-state index is 13.0. The fourth-order valence-corrected chi connectivity index (χ4v) is 3.17. The van der Waals surface area contributed by atoms with Crippen LogP contribution in [0.3, 0.4) is 0 Å². The van der Waals surface area contributed by atoms with Gasteiger partial charge in [-0.05, 0) is 44.9 Å². The molecule has 0 bridgehead atoms. The maximum absolute atomic E-state index is 13.0. The van der Waals surface area contributed by atoms with Gasteiger partial charge in [0, 0.05) is 18.8 Å². The summed E-state index contributed by atoms with van der Waals surface area (Å²) >= 11 is 0. The first-order chi connectivity index (χ1) is 14.4. The molecule has 0 aliphatic carbocycles. The van der Waals surface area contributed by atoms with E-state index in [0.29, 0.717) is 12.8 Å². The van der Waals surface area contributed by atoms with Crippen LogP contribution in [-0.2, 0) is 23.9 Å². The number of nitrogens with one attached hydrogen (secondary N) is 1. The normalized spacial score (nSPS) is 14.6. The van der Waals surface area contributed by atoms with Crippen molar-refractivity contribution in [3.8, 4) is 0 Å². The molecule has 178 valence electrons. The van der Waals surface area contributed by atoms with Gasteiger partial charge in [-0.1, -0.05) is 27.7 Å². The lowest BCUT2D eigenvalue weighted by molar-refractivity contribution is -0.152. The molecule has 0 aliphatic rings. The Labute approximate surface area is 185 Å². The number of hydrogen-bond donors (Lipinski definition) is 3. The Kier molecular flexibility index (Phi) is 13.6. The van der Waals surface area contributed by atoms with E-state index in [4.69, 9.17) is 16.3 Å². The van der Waals surface area contributed by atoms with Gasteiger partial charge in [-0.2, -0.15) is 5.10 Å². The number of hydrazone groups is 1. The number of ether oxygens (including phenoxy) is 1. The van der Waals surface area contributed by atoms with Crippen molar-refractivity contribution in [1.82, 2.24) is 5.32 Å². The molecule has 0 radical (unpaired) electrons. The Morgan fingerprint density at radius 2 is 1.58 bits per heavy atom. The van der Waals surface area contributed by atoms with E-state index in [-0.39, 0.29) is 48.8 Å². The van der Waals surface area contributed by atoms with Gasteiger partial charge >= 0.3 is 5.97 Å². The molecular formula is C22H40N4O5. The third-order valence-corrected chi connectivity index (χ3v) is 4.56. The summed E-state index contributed by atoms with van der Waals surface area (Å²) in [5, 5.41) is 5.85. The standard InChI is InChI=1S/C22H40N4O5/c1-13(2)9-16(11-20(28)18(23)10-14(3)4)21(29)26-19(22(30)31-15(5)6)8-7-17(27)12-25-24/h12-16,18-19H,7-11,23-24H2,1-6H3,(H,26,29)/t16-,18+,19+/m1/s1. The molecule has 3 atom stereocenters. The smallest absolute Gasteiger partial charge is 0.328 e. The molecule has 0 aromatic carbocycles. The lowest BCUT2D eigenvalue weighted by Crippen LogP contribution is -2.46. The first-order valence-corrected chi connectivity index (χ1v) is 10.9. The minimum Gasteiger partial charge on any atom is -0.461 e. The van der Waals surface area contributed by atoms with Crippen LogP contribution in [0.25, 0.3) is 0 Å². The molecule has 31 heavy (non-hydrogen) atoms. The van der Waals surface area contributed by atoms with E-state index < -0.39 is 29.9 Å². The van der Waals surface area contributed by atoms with Gasteiger partial charge in [0.15, 0.2) is 5.78 Å². The molecular weight excluding hydrogens is 400 g/mol. The fraction of sp³-hybridized carbons (Fsp3) is 0.773. The summed E-state index contributed by atoms with van der Waals surface area (Å²) in [6, 6.07) is -1.64. The van der Waals surface area contributed by atoms with Gasteiger partial charge in [0.25, 0.3) is 0 Å². The summed E-state index contributed by atoms with van der Waals surface area (Å²) in [5.41, 5.74) is 6.00. The Bertz CT molecular complexity index is 631. The lowest BCUT2D eigenvalue weighted by Gasteiger charge is -2.24. The van der Waals surface area contributed by atoms with Crippen molar-refractivity contribution >= 4 is 29.7 Å². The largest absolute Gasteiger partial charge is 0.461 e. The zero-order valence-electron chi connectivity index (χ0n) is 19.7. The highest BCUT2D eigenvalue weighted by atomic mass is 16.5. The molecule has 0 rings (SSSR count). The van der Waals surface area contributed by atoms with Crippen LogP contribution in [0.1, 0.15) is 73.6 Å². The zero-order valence-corrected chi connectivity index (χ0v) is 19.7. The van der Waals surface area contributed by atoms with Crippen LogP contribution in [-0.4, -0.2) is 47.8 Å². The maximum Gasteiger partial charge on any atom is 0.328 e. The van der Waals surface area contributed by atoms with Crippen molar-refractivity contribution in [2.24, 2.45) is 34.4 Å². The third kappa shape index (κ3) is 12.9. The van der Waals surface area contributed by atoms with Crippen molar-refractivity contribution in [2.45, 2.75) is 91.8 Å². The number of carbonyl (C=O) groups is 4. The van der Waals surface area contributed by atoms with Crippen LogP contribution in [0.15, 0.2) is 5.10 Å². The molecule has 0 saturated heterocycles. The number of amides is 1. The summed E-state index contributed by atoms with van der Waals surface area (Å²) in [5.74, 6) is 3.17. The SMILES string of the molecule is CC(C)C[C@H](CC(=O)[C@@H](N)CC(C)C)C(=O)N[C@@H](CCC(=O)C=NN)C(=O)OC(C)C. The summed E-state index contributed by atoms with van der Waals surface area (Å²) in [6.07, 6.45) is 1.60. The summed E-state index contributed by atoms with van der Waals surface area (Å²) < 4.78 is 5.22. The predicted molar refractivity (Wildman–Crippen MR) is 120 cm³/mol. The first kappa shape index (κ1) is 28.7. The number of nitrogens with two attached hydrogens (primary N) is 2. The third-order valence-electron chi connectivity index (χ3n) is 4.56. The molecule has 0 aromatic rings. The average Bonchev–Trinajstić information content (AvgIpc) is 2.62. The first-order valence-electron chi connectivity index (χ1n) is 10.9.